The number of anilines is 1. The fraction of sp³-hybridized carbons (Fsp3) is 0.667. The molecule has 15 heteroatoms. The highest BCUT2D eigenvalue weighted by molar-refractivity contribution is 7.46. The molecule has 1 aromatic rings. The van der Waals surface area contributed by atoms with Crippen LogP contribution < -0.4 is 11.4 Å². The van der Waals surface area contributed by atoms with Gasteiger partial charge in [0.25, 0.3) is 0 Å². The molecule has 0 radical (unpaired) electrons. The van der Waals surface area contributed by atoms with Gasteiger partial charge in [0, 0.05) is 12.7 Å². The summed E-state index contributed by atoms with van der Waals surface area (Å²) in [5.74, 6) is -0.0199. The number of hydrogen-bond acceptors (Lipinski definition) is 11. The normalized spacial score (nSPS) is 27.6. The van der Waals surface area contributed by atoms with Crippen molar-refractivity contribution in [2.45, 2.75) is 63.4 Å². The van der Waals surface area contributed by atoms with E-state index in [1.54, 1.807) is 5.01 Å². The molecule has 0 aromatic carbocycles. The van der Waals surface area contributed by atoms with E-state index in [0.29, 0.717) is 6.54 Å². The number of nitrogens with two attached hydrogens (primary N) is 1. The monoisotopic (exact) mass is 488 g/mol. The van der Waals surface area contributed by atoms with Gasteiger partial charge >= 0.3 is 13.5 Å². The number of aliphatic hydroxyl groups is 1. The molecule has 1 aromatic heterocycles. The molecule has 2 aliphatic rings. The van der Waals surface area contributed by atoms with Crippen molar-refractivity contribution in [3.8, 4) is 0 Å². The molecule has 0 bridgehead atoms. The summed E-state index contributed by atoms with van der Waals surface area (Å²) < 4.78 is 29.4. The van der Waals surface area contributed by atoms with Crippen molar-refractivity contribution in [3.63, 3.8) is 0 Å². The van der Waals surface area contributed by atoms with Gasteiger partial charge in [-0.05, 0) is 12.5 Å². The number of nitrogens with zero attached hydrogens (tertiary/aromatic N) is 5. The molecule has 33 heavy (non-hydrogen) atoms. The molecular weight excluding hydrogens is 459 g/mol. The smallest absolute Gasteiger partial charge is 0.394 e. The van der Waals surface area contributed by atoms with Gasteiger partial charge in [0.1, 0.15) is 29.8 Å². The Labute approximate surface area is 189 Å². The molecule has 0 amide bonds. The number of phosphoric ester groups is 1. The van der Waals surface area contributed by atoms with Gasteiger partial charge in [0.15, 0.2) is 12.5 Å². The van der Waals surface area contributed by atoms with Crippen LogP contribution in [0.4, 0.5) is 5.82 Å². The van der Waals surface area contributed by atoms with Crippen molar-refractivity contribution in [2.75, 3.05) is 18.9 Å². The Balaban J connectivity index is 1.90. The molecule has 3 heterocycles. The molecule has 5 atom stereocenters. The van der Waals surface area contributed by atoms with Gasteiger partial charge in [-0.3, -0.25) is 9.09 Å². The Kier molecular flexibility index (Phi) is 8.34. The maximum Gasteiger partial charge on any atom is 0.470 e. The van der Waals surface area contributed by atoms with Crippen LogP contribution in [0, 0.1) is 0 Å². The lowest BCUT2D eigenvalue weighted by Crippen LogP contribution is -2.44. The van der Waals surface area contributed by atoms with E-state index in [1.165, 1.54) is 12.3 Å². The summed E-state index contributed by atoms with van der Waals surface area (Å²) in [7, 11) is -5.02. The summed E-state index contributed by atoms with van der Waals surface area (Å²) in [6.45, 7) is 5.77. The minimum atomic E-state index is -5.02. The van der Waals surface area contributed by atoms with E-state index >= 15 is 0 Å². The van der Waals surface area contributed by atoms with Gasteiger partial charge < -0.3 is 30.1 Å². The Morgan fingerprint density at radius 3 is 2.70 bits per heavy atom. The van der Waals surface area contributed by atoms with Crippen LogP contribution in [-0.2, 0) is 18.6 Å². The average Bonchev–Trinajstić information content (AvgIpc) is 3.25. The van der Waals surface area contributed by atoms with E-state index in [1.807, 2.05) is 0 Å². The Morgan fingerprint density at radius 1 is 1.30 bits per heavy atom. The lowest BCUT2D eigenvalue weighted by molar-refractivity contribution is -0.130. The number of hydrogen-bond donors (Lipinski definition) is 4. The second kappa shape index (κ2) is 10.8. The first-order chi connectivity index (χ1) is 15.6. The van der Waals surface area contributed by atoms with Gasteiger partial charge in [-0.2, -0.15) is 4.98 Å². The van der Waals surface area contributed by atoms with Gasteiger partial charge in [-0.15, -0.1) is 5.11 Å². The minimum Gasteiger partial charge on any atom is -0.394 e. The number of unbranched alkanes of at least 4 members (excludes halogenated alkanes) is 3. The van der Waals surface area contributed by atoms with E-state index in [9.17, 15) is 24.3 Å². The second-order valence-electron chi connectivity index (χ2n) is 7.71. The molecule has 14 nitrogen and oxygen atoms in total. The molecule has 2 aliphatic heterocycles. The van der Waals surface area contributed by atoms with Crippen molar-refractivity contribution < 1.29 is 33.5 Å². The number of rotatable bonds is 11. The van der Waals surface area contributed by atoms with Crippen LogP contribution in [0.25, 0.3) is 0 Å². The third kappa shape index (κ3) is 6.23. The van der Waals surface area contributed by atoms with E-state index < -0.39 is 50.9 Å². The molecule has 1 saturated heterocycles. The zero-order valence-electron chi connectivity index (χ0n) is 18.1. The molecule has 1 fully saturated rings. The van der Waals surface area contributed by atoms with E-state index in [-0.39, 0.29) is 11.5 Å². The zero-order valence-corrected chi connectivity index (χ0v) is 19.0. The lowest BCUT2D eigenvalue weighted by Gasteiger charge is -2.30. The van der Waals surface area contributed by atoms with Crippen molar-refractivity contribution in [2.24, 2.45) is 10.3 Å². The lowest BCUT2D eigenvalue weighted by atomic mass is 10.1. The van der Waals surface area contributed by atoms with E-state index in [4.69, 9.17) is 19.7 Å². The van der Waals surface area contributed by atoms with E-state index in [2.05, 4.69) is 28.8 Å². The first-order valence-electron chi connectivity index (χ1n) is 10.5. The molecule has 5 N–H and O–H groups in total. The van der Waals surface area contributed by atoms with Crippen molar-refractivity contribution >= 4 is 13.6 Å². The number of aliphatic hydroxyl groups excluding tert-OH is 1. The summed E-state index contributed by atoms with van der Waals surface area (Å²) in [6.07, 6.45) is -0.826. The van der Waals surface area contributed by atoms with Crippen LogP contribution in [0.15, 0.2) is 39.7 Å². The number of phosphoric acid groups is 1. The molecule has 0 aliphatic carbocycles. The van der Waals surface area contributed by atoms with Gasteiger partial charge in [-0.25, -0.2) is 14.4 Å². The highest BCUT2D eigenvalue weighted by Gasteiger charge is 2.52. The zero-order chi connectivity index (χ0) is 24.2. The van der Waals surface area contributed by atoms with Crippen molar-refractivity contribution in [1.29, 1.82) is 0 Å². The largest absolute Gasteiger partial charge is 0.470 e. The van der Waals surface area contributed by atoms with Gasteiger partial charge in [-0.1, -0.05) is 38.0 Å². The fourth-order valence-corrected chi connectivity index (χ4v) is 4.25. The number of nitrogen functional groups attached to an aromatic ring is 1. The Hall–Kier alpha value is -2.19. The van der Waals surface area contributed by atoms with Crippen LogP contribution in [0.2, 0.25) is 0 Å². The van der Waals surface area contributed by atoms with E-state index in [0.717, 1.165) is 30.3 Å². The number of aromatic nitrogens is 2. The molecule has 1 unspecified atom stereocenters. The maximum absolute atomic E-state index is 12.4. The topological polar surface area (TPSA) is 194 Å². The summed E-state index contributed by atoms with van der Waals surface area (Å²) >= 11 is 0. The highest BCUT2D eigenvalue weighted by atomic mass is 31.2. The Bertz CT molecular complexity index is 967. The second-order valence-corrected chi connectivity index (χ2v) is 8.90. The SMILES string of the molecule is C=C1N=NN(CCCCCC)C1O[C@@H]1[C@H](OP(=O)(O)O)[C@@H](CO)O[C@H]1n1ccc(N)nc1=O. The molecule has 0 spiro atoms. The summed E-state index contributed by atoms with van der Waals surface area (Å²) in [6, 6.07) is 1.35. The predicted molar refractivity (Wildman–Crippen MR) is 114 cm³/mol. The first kappa shape index (κ1) is 25.4. The summed E-state index contributed by atoms with van der Waals surface area (Å²) in [5, 5.41) is 19.3. The van der Waals surface area contributed by atoms with Gasteiger partial charge in [0.05, 0.1) is 6.61 Å². The third-order valence-corrected chi connectivity index (χ3v) is 5.74. The predicted octanol–water partition coefficient (Wildman–Crippen LogP) is 0.681. The minimum absolute atomic E-state index is 0.0199. The third-order valence-electron chi connectivity index (χ3n) is 5.22. The summed E-state index contributed by atoms with van der Waals surface area (Å²) in [4.78, 5) is 34.9. The van der Waals surface area contributed by atoms with Crippen molar-refractivity contribution in [3.05, 3.63) is 35.0 Å². The van der Waals surface area contributed by atoms with Gasteiger partial charge in [0.2, 0.25) is 0 Å². The molecular formula is C18H29N6O8P. The Morgan fingerprint density at radius 2 is 2.06 bits per heavy atom. The number of ether oxygens (including phenoxy) is 2. The highest BCUT2D eigenvalue weighted by Crippen LogP contribution is 2.45. The van der Waals surface area contributed by atoms with Crippen LogP contribution in [0.1, 0.15) is 38.8 Å². The molecule has 184 valence electrons. The fourth-order valence-electron chi connectivity index (χ4n) is 3.67. The average molecular weight is 488 g/mol. The molecule has 3 rings (SSSR count). The van der Waals surface area contributed by atoms with Crippen LogP contribution >= 0.6 is 7.82 Å². The van der Waals surface area contributed by atoms with Crippen molar-refractivity contribution in [1.82, 2.24) is 14.6 Å². The first-order valence-corrected chi connectivity index (χ1v) is 12.0. The van der Waals surface area contributed by atoms with Crippen LogP contribution in [0.5, 0.6) is 0 Å². The molecule has 0 saturated carbocycles. The summed E-state index contributed by atoms with van der Waals surface area (Å²) in [5.41, 5.74) is 5.03. The van der Waals surface area contributed by atoms with Crippen LogP contribution in [0.3, 0.4) is 0 Å². The maximum atomic E-state index is 12.4. The quantitative estimate of drug-likeness (QED) is 0.253. The standard InChI is InChI=1S/C18H29N6O8P/c1-3-4-5-6-8-24-16(11(2)21-22-24)31-15-14(32-33(27,28)29)12(10-25)30-17(15)23-9-7-13(19)20-18(23)26/h7,9,12,14-17,25H,2-6,8,10H2,1H3,(H2,19,20,26)(H2,27,28,29)/t12-,14-,15-,16?,17-/m1/s1. The van der Waals surface area contributed by atoms with Crippen LogP contribution in [-0.4, -0.2) is 67.1 Å².